The fourth-order valence-corrected chi connectivity index (χ4v) is 8.19. The van der Waals surface area contributed by atoms with E-state index in [9.17, 15) is 5.26 Å². The second-order valence-corrected chi connectivity index (χ2v) is 12.8. The minimum absolute atomic E-state index is 0.492. The molecule has 0 amide bonds. The van der Waals surface area contributed by atoms with Crippen LogP contribution in [0.25, 0.3) is 82.5 Å². The zero-order valence-corrected chi connectivity index (χ0v) is 27.1. The number of fused-ring (bicyclic) bond motifs is 11. The molecule has 5 heteroatoms. The summed E-state index contributed by atoms with van der Waals surface area (Å²) in [6.07, 6.45) is 0. The Morgan fingerprint density at radius 2 is 1.04 bits per heavy atom. The molecule has 0 spiro atoms. The fraction of sp³-hybridized carbons (Fsp3) is 0.0222. The van der Waals surface area contributed by atoms with E-state index < -0.39 is 0 Å². The molecule has 0 saturated carbocycles. The van der Waals surface area contributed by atoms with Crippen molar-refractivity contribution in [2.75, 3.05) is 0 Å². The molecule has 0 radical (unpaired) electrons. The predicted molar refractivity (Wildman–Crippen MR) is 207 cm³/mol. The van der Waals surface area contributed by atoms with Gasteiger partial charge in [0.1, 0.15) is 0 Å². The maximum absolute atomic E-state index is 9.84. The molecule has 7 aromatic carbocycles. The van der Waals surface area contributed by atoms with E-state index in [1.165, 1.54) is 32.6 Å². The van der Waals surface area contributed by atoms with Gasteiger partial charge < -0.3 is 13.7 Å². The fourth-order valence-electron chi connectivity index (χ4n) is 8.19. The van der Waals surface area contributed by atoms with Crippen LogP contribution in [-0.4, -0.2) is 20.4 Å². The first-order valence-corrected chi connectivity index (χ1v) is 16.8. The molecule has 0 unspecified atom stereocenters. The third-order valence-electron chi connectivity index (χ3n) is 10.1. The minimum Gasteiger partial charge on any atom is -0.309 e. The van der Waals surface area contributed by atoms with Gasteiger partial charge >= 0.3 is 0 Å². The molecule has 0 atom stereocenters. The number of para-hydroxylation sites is 3. The van der Waals surface area contributed by atoms with Crippen molar-refractivity contribution in [3.05, 3.63) is 163 Å². The Morgan fingerprint density at radius 1 is 0.480 bits per heavy atom. The summed E-state index contributed by atoms with van der Waals surface area (Å²) >= 11 is 0. The van der Waals surface area contributed by atoms with Crippen LogP contribution >= 0.6 is 0 Å². The van der Waals surface area contributed by atoms with Gasteiger partial charge in [0.2, 0.25) is 0 Å². The highest BCUT2D eigenvalue weighted by Gasteiger charge is 2.25. The number of rotatable bonds is 5. The van der Waals surface area contributed by atoms with E-state index in [0.29, 0.717) is 12.1 Å². The first kappa shape index (κ1) is 28.1. The highest BCUT2D eigenvalue weighted by molar-refractivity contribution is 6.32. The quantitative estimate of drug-likeness (QED) is 0.173. The average molecular weight is 640 g/mol. The van der Waals surface area contributed by atoms with Gasteiger partial charge in [-0.25, -0.2) is 0 Å². The van der Waals surface area contributed by atoms with Crippen LogP contribution in [0.3, 0.4) is 0 Å². The Hall–Kier alpha value is -6.90. The Bertz CT molecular complexity index is 3030. The number of aromatic nitrogens is 3. The Balaban J connectivity index is 1.48. The zero-order valence-electron chi connectivity index (χ0n) is 27.1. The second-order valence-electron chi connectivity index (χ2n) is 12.8. The molecule has 10 aromatic rings. The first-order valence-electron chi connectivity index (χ1n) is 16.8. The highest BCUT2D eigenvalue weighted by Crippen LogP contribution is 2.46. The summed E-state index contributed by atoms with van der Waals surface area (Å²) in [6.45, 7) is 4.37. The standard InChI is InChI=1S/C45H29N5/c1-47-28-30-13-11-21-38-41(30)43-40(49(38)33-18-10-12-29(26-33)27-46)25-23-35-34-22-24-39-42(44(34)50(45(35)43)32-16-6-3-7-17-32)36-19-8-9-20-37(36)48(39)31-14-4-2-5-15-31/h2-26H,1,28H2. The molecule has 0 N–H and O–H groups in total. The molecule has 0 bridgehead atoms. The van der Waals surface area contributed by atoms with Crippen molar-refractivity contribution < 1.29 is 0 Å². The molecule has 0 fully saturated rings. The summed E-state index contributed by atoms with van der Waals surface area (Å²) in [5, 5.41) is 16.9. The maximum atomic E-state index is 9.84. The summed E-state index contributed by atoms with van der Waals surface area (Å²) in [4.78, 5) is 4.37. The largest absolute Gasteiger partial charge is 0.309 e. The summed E-state index contributed by atoms with van der Waals surface area (Å²) in [5.41, 5.74) is 11.7. The molecular formula is C45H29N5. The van der Waals surface area contributed by atoms with Gasteiger partial charge in [-0.1, -0.05) is 84.9 Å². The average Bonchev–Trinajstić information content (AvgIpc) is 3.81. The SMILES string of the molecule is C=NCc1cccc2c1c1c(ccc3c4ccc5c(c6ccccc6n5-c5ccccc5)c4n(-c4ccccc4)c31)n2-c1cccc(C#N)c1. The van der Waals surface area contributed by atoms with E-state index in [1.54, 1.807) is 0 Å². The van der Waals surface area contributed by atoms with Gasteiger partial charge in [0.05, 0.1) is 51.3 Å². The topological polar surface area (TPSA) is 50.9 Å². The Labute approximate surface area is 287 Å². The third-order valence-corrected chi connectivity index (χ3v) is 10.1. The van der Waals surface area contributed by atoms with Gasteiger partial charge in [-0.15, -0.1) is 0 Å². The van der Waals surface area contributed by atoms with Crippen LogP contribution in [0.1, 0.15) is 11.1 Å². The van der Waals surface area contributed by atoms with Gasteiger partial charge in [0.15, 0.2) is 0 Å². The van der Waals surface area contributed by atoms with Gasteiger partial charge in [-0.05, 0) is 79.0 Å². The van der Waals surface area contributed by atoms with Crippen molar-refractivity contribution in [3.63, 3.8) is 0 Å². The van der Waals surface area contributed by atoms with E-state index in [-0.39, 0.29) is 0 Å². The second kappa shape index (κ2) is 10.8. The molecular weight excluding hydrogens is 611 g/mol. The number of benzene rings is 7. The molecule has 0 aliphatic rings. The molecule has 3 aromatic heterocycles. The lowest BCUT2D eigenvalue weighted by atomic mass is 10.0. The number of nitriles is 1. The van der Waals surface area contributed by atoms with Crippen molar-refractivity contribution in [1.29, 1.82) is 5.26 Å². The van der Waals surface area contributed by atoms with E-state index in [0.717, 1.165) is 55.5 Å². The van der Waals surface area contributed by atoms with Crippen LogP contribution in [-0.2, 0) is 6.54 Å². The summed E-state index contributed by atoms with van der Waals surface area (Å²) in [7, 11) is 0. The van der Waals surface area contributed by atoms with Crippen LogP contribution in [0.5, 0.6) is 0 Å². The van der Waals surface area contributed by atoms with Crippen molar-refractivity contribution in [2.24, 2.45) is 4.99 Å². The Kier molecular flexibility index (Phi) is 6.09. The monoisotopic (exact) mass is 639 g/mol. The number of aliphatic imine (C=N–C) groups is 1. The number of hydrogen-bond donors (Lipinski definition) is 0. The normalized spacial score (nSPS) is 11.7. The van der Waals surface area contributed by atoms with Gasteiger partial charge in [-0.3, -0.25) is 4.99 Å². The van der Waals surface area contributed by atoms with Crippen molar-refractivity contribution in [2.45, 2.75) is 6.54 Å². The molecule has 234 valence electrons. The number of nitrogens with zero attached hydrogens (tertiary/aromatic N) is 5. The lowest BCUT2D eigenvalue weighted by Crippen LogP contribution is -1.96. The zero-order chi connectivity index (χ0) is 33.3. The molecule has 0 aliphatic carbocycles. The van der Waals surface area contributed by atoms with E-state index >= 15 is 0 Å². The molecule has 3 heterocycles. The minimum atomic E-state index is 0.492. The number of hydrogen-bond acceptors (Lipinski definition) is 2. The van der Waals surface area contributed by atoms with Crippen LogP contribution in [0.15, 0.2) is 157 Å². The summed E-state index contributed by atoms with van der Waals surface area (Å²) in [5.74, 6) is 0. The molecule has 50 heavy (non-hydrogen) atoms. The molecule has 10 rings (SSSR count). The highest BCUT2D eigenvalue weighted by atomic mass is 15.0. The van der Waals surface area contributed by atoms with Crippen LogP contribution in [0, 0.1) is 11.3 Å². The molecule has 0 aliphatic heterocycles. The lowest BCUT2D eigenvalue weighted by molar-refractivity contribution is 1.10. The summed E-state index contributed by atoms with van der Waals surface area (Å²) < 4.78 is 7.15. The molecule has 5 nitrogen and oxygen atoms in total. The maximum Gasteiger partial charge on any atom is 0.0992 e. The van der Waals surface area contributed by atoms with E-state index in [1.807, 2.05) is 18.2 Å². The van der Waals surface area contributed by atoms with Crippen LogP contribution in [0.2, 0.25) is 0 Å². The van der Waals surface area contributed by atoms with Gasteiger partial charge in [0.25, 0.3) is 0 Å². The van der Waals surface area contributed by atoms with Crippen LogP contribution in [0.4, 0.5) is 0 Å². The Morgan fingerprint density at radius 3 is 1.76 bits per heavy atom. The lowest BCUT2D eigenvalue weighted by Gasteiger charge is -2.11. The van der Waals surface area contributed by atoms with Gasteiger partial charge in [-0.2, -0.15) is 5.26 Å². The van der Waals surface area contributed by atoms with Gasteiger partial charge in [0, 0.05) is 49.4 Å². The van der Waals surface area contributed by atoms with E-state index in [4.69, 9.17) is 0 Å². The molecule has 0 saturated heterocycles. The smallest absolute Gasteiger partial charge is 0.0992 e. The predicted octanol–water partition coefficient (Wildman–Crippen LogP) is 11.1. The van der Waals surface area contributed by atoms with Crippen molar-refractivity contribution >= 4 is 72.1 Å². The van der Waals surface area contributed by atoms with Crippen LogP contribution < -0.4 is 0 Å². The van der Waals surface area contributed by atoms with Crippen molar-refractivity contribution in [1.82, 2.24) is 13.7 Å². The third kappa shape index (κ3) is 3.85. The first-order chi connectivity index (χ1) is 24.8. The van der Waals surface area contributed by atoms with E-state index in [2.05, 4.69) is 165 Å². The summed E-state index contributed by atoms with van der Waals surface area (Å²) in [6, 6.07) is 55.8. The van der Waals surface area contributed by atoms with Crippen molar-refractivity contribution in [3.8, 4) is 23.1 Å².